The number of ether oxygens (including phenoxy) is 2. The minimum atomic E-state index is -0.739. The number of rotatable bonds is 4. The Bertz CT molecular complexity index is 850. The maximum Gasteiger partial charge on any atom is 0.348 e. The van der Waals surface area contributed by atoms with Crippen molar-refractivity contribution in [1.29, 1.82) is 0 Å². The average molecular weight is 394 g/mol. The maximum absolute atomic E-state index is 12.6. The van der Waals surface area contributed by atoms with Crippen LogP contribution in [0, 0.1) is 0 Å². The molecule has 0 aliphatic carbocycles. The van der Waals surface area contributed by atoms with Crippen LogP contribution in [0.3, 0.4) is 0 Å². The van der Waals surface area contributed by atoms with E-state index in [-0.39, 0.29) is 6.54 Å². The molecule has 136 valence electrons. The number of benzene rings is 1. The van der Waals surface area contributed by atoms with Crippen LogP contribution in [0.15, 0.2) is 36.4 Å². The first-order valence-electron chi connectivity index (χ1n) is 7.86. The van der Waals surface area contributed by atoms with Crippen molar-refractivity contribution in [2.45, 2.75) is 19.0 Å². The van der Waals surface area contributed by atoms with Crippen LogP contribution < -0.4 is 0 Å². The number of amides is 1. The normalized spacial score (nSPS) is 15.9. The molecule has 0 bridgehead atoms. The molecule has 1 aromatic heterocycles. The number of methoxy groups -OCH3 is 1. The Labute approximate surface area is 159 Å². The fraction of sp³-hybridized carbons (Fsp3) is 0.278. The Balaban J connectivity index is 1.71. The molecule has 3 rings (SSSR count). The molecule has 0 fully saturated rings. The number of hydrogen-bond donors (Lipinski definition) is 0. The highest BCUT2D eigenvalue weighted by Crippen LogP contribution is 2.25. The molecular weight excluding hydrogens is 378 g/mol. The molecule has 1 amide bonds. The summed E-state index contributed by atoms with van der Waals surface area (Å²) in [5.74, 6) is -1.57. The second-order valence-corrected chi connectivity index (χ2v) is 7.43. The third-order valence-corrected chi connectivity index (χ3v) is 5.35. The van der Waals surface area contributed by atoms with Crippen molar-refractivity contribution >= 4 is 40.8 Å². The predicted molar refractivity (Wildman–Crippen MR) is 96.1 cm³/mol. The third kappa shape index (κ3) is 3.89. The number of hydrogen-bond acceptors (Lipinski definition) is 6. The van der Waals surface area contributed by atoms with E-state index in [4.69, 9.17) is 21.1 Å². The SMILES string of the molecule is COC(=O)[C@@H]1Cc2ccccc2CN1C(=O)COC(=O)c1ccc(Cl)s1. The lowest BCUT2D eigenvalue weighted by molar-refractivity contribution is -0.155. The lowest BCUT2D eigenvalue weighted by atomic mass is 9.94. The highest BCUT2D eigenvalue weighted by molar-refractivity contribution is 7.17. The Morgan fingerprint density at radius 1 is 1.19 bits per heavy atom. The van der Waals surface area contributed by atoms with Gasteiger partial charge in [0.1, 0.15) is 10.9 Å². The summed E-state index contributed by atoms with van der Waals surface area (Å²) in [4.78, 5) is 38.4. The standard InChI is InChI=1S/C18H16ClNO5S/c1-24-17(22)13-8-11-4-2-3-5-12(11)9-20(13)16(21)10-25-18(23)14-6-7-15(19)26-14/h2-7,13H,8-10H2,1H3/t13-/m0/s1. The highest BCUT2D eigenvalue weighted by Gasteiger charge is 2.35. The van der Waals surface area contributed by atoms with E-state index in [1.807, 2.05) is 24.3 Å². The van der Waals surface area contributed by atoms with Crippen LogP contribution in [0.5, 0.6) is 0 Å². The Kier molecular flexibility index (Phi) is 5.58. The lowest BCUT2D eigenvalue weighted by Gasteiger charge is -2.35. The van der Waals surface area contributed by atoms with Gasteiger partial charge in [-0.1, -0.05) is 35.9 Å². The number of fused-ring (bicyclic) bond motifs is 1. The smallest absolute Gasteiger partial charge is 0.348 e. The summed E-state index contributed by atoms with van der Waals surface area (Å²) in [6.07, 6.45) is 0.364. The first-order valence-corrected chi connectivity index (χ1v) is 9.05. The molecule has 0 saturated heterocycles. The number of carbonyl (C=O) groups excluding carboxylic acids is 3. The summed E-state index contributed by atoms with van der Waals surface area (Å²) in [5, 5.41) is 0. The first kappa shape index (κ1) is 18.4. The minimum Gasteiger partial charge on any atom is -0.467 e. The van der Waals surface area contributed by atoms with Gasteiger partial charge in [-0.2, -0.15) is 0 Å². The molecule has 26 heavy (non-hydrogen) atoms. The van der Waals surface area contributed by atoms with Crippen LogP contribution in [0.2, 0.25) is 4.34 Å². The molecule has 0 saturated carbocycles. The number of halogens is 1. The van der Waals surface area contributed by atoms with Gasteiger partial charge in [0.15, 0.2) is 6.61 Å². The van der Waals surface area contributed by atoms with Gasteiger partial charge in [-0.05, 0) is 23.3 Å². The Morgan fingerprint density at radius 3 is 2.58 bits per heavy atom. The van der Waals surface area contributed by atoms with Crippen molar-refractivity contribution < 1.29 is 23.9 Å². The van der Waals surface area contributed by atoms with Crippen molar-refractivity contribution in [3.63, 3.8) is 0 Å². The zero-order chi connectivity index (χ0) is 18.7. The average Bonchev–Trinajstić information content (AvgIpc) is 3.10. The summed E-state index contributed by atoms with van der Waals surface area (Å²) in [5.41, 5.74) is 1.95. The second-order valence-electron chi connectivity index (χ2n) is 5.71. The van der Waals surface area contributed by atoms with Crippen LogP contribution in [0.25, 0.3) is 0 Å². The Morgan fingerprint density at radius 2 is 1.92 bits per heavy atom. The summed E-state index contributed by atoms with van der Waals surface area (Å²) in [6.45, 7) is -0.193. The Hall–Kier alpha value is -2.38. The fourth-order valence-corrected chi connectivity index (χ4v) is 3.77. The van der Waals surface area contributed by atoms with E-state index in [0.717, 1.165) is 22.5 Å². The summed E-state index contributed by atoms with van der Waals surface area (Å²) in [6, 6.07) is 9.97. The van der Waals surface area contributed by atoms with E-state index >= 15 is 0 Å². The molecule has 1 aliphatic rings. The zero-order valence-corrected chi connectivity index (χ0v) is 15.5. The molecule has 2 aromatic rings. The van der Waals surface area contributed by atoms with Crippen LogP contribution in [-0.4, -0.2) is 42.5 Å². The molecule has 0 radical (unpaired) electrons. The van der Waals surface area contributed by atoms with Gasteiger partial charge in [-0.15, -0.1) is 11.3 Å². The van der Waals surface area contributed by atoms with E-state index < -0.39 is 30.5 Å². The summed E-state index contributed by atoms with van der Waals surface area (Å²) < 4.78 is 10.4. The molecule has 0 N–H and O–H groups in total. The summed E-state index contributed by atoms with van der Waals surface area (Å²) in [7, 11) is 1.28. The number of thiophene rings is 1. The maximum atomic E-state index is 12.6. The van der Waals surface area contributed by atoms with Gasteiger partial charge in [0, 0.05) is 13.0 Å². The van der Waals surface area contributed by atoms with E-state index in [1.54, 1.807) is 6.07 Å². The predicted octanol–water partition coefficient (Wildman–Crippen LogP) is 2.68. The third-order valence-electron chi connectivity index (χ3n) is 4.14. The van der Waals surface area contributed by atoms with Gasteiger partial charge in [0.25, 0.3) is 5.91 Å². The monoisotopic (exact) mass is 393 g/mol. The van der Waals surface area contributed by atoms with Gasteiger partial charge in [0.2, 0.25) is 0 Å². The van der Waals surface area contributed by atoms with Crippen molar-refractivity contribution in [2.75, 3.05) is 13.7 Å². The fourth-order valence-electron chi connectivity index (χ4n) is 2.84. The molecule has 2 heterocycles. The van der Waals surface area contributed by atoms with Crippen molar-refractivity contribution in [1.82, 2.24) is 4.90 Å². The van der Waals surface area contributed by atoms with E-state index in [9.17, 15) is 14.4 Å². The van der Waals surface area contributed by atoms with E-state index in [2.05, 4.69) is 0 Å². The van der Waals surface area contributed by atoms with E-state index in [0.29, 0.717) is 15.6 Å². The van der Waals surface area contributed by atoms with Crippen molar-refractivity contribution in [3.8, 4) is 0 Å². The molecule has 6 nitrogen and oxygen atoms in total. The quantitative estimate of drug-likeness (QED) is 0.747. The van der Waals surface area contributed by atoms with Gasteiger partial charge < -0.3 is 14.4 Å². The number of nitrogens with zero attached hydrogens (tertiary/aromatic N) is 1. The molecule has 1 aliphatic heterocycles. The van der Waals surface area contributed by atoms with Gasteiger partial charge in [0.05, 0.1) is 11.4 Å². The zero-order valence-electron chi connectivity index (χ0n) is 13.9. The molecule has 1 atom stereocenters. The van der Waals surface area contributed by atoms with Gasteiger partial charge in [-0.25, -0.2) is 9.59 Å². The van der Waals surface area contributed by atoms with Gasteiger partial charge >= 0.3 is 11.9 Å². The number of carbonyl (C=O) groups is 3. The topological polar surface area (TPSA) is 72.9 Å². The van der Waals surface area contributed by atoms with Gasteiger partial charge in [-0.3, -0.25) is 4.79 Å². The molecule has 1 aromatic carbocycles. The molecule has 0 spiro atoms. The van der Waals surface area contributed by atoms with Crippen LogP contribution in [0.4, 0.5) is 0 Å². The van der Waals surface area contributed by atoms with Crippen molar-refractivity contribution in [3.05, 3.63) is 56.7 Å². The number of esters is 2. The van der Waals surface area contributed by atoms with Crippen LogP contribution >= 0.6 is 22.9 Å². The highest BCUT2D eigenvalue weighted by atomic mass is 35.5. The minimum absolute atomic E-state index is 0.261. The second kappa shape index (κ2) is 7.88. The van der Waals surface area contributed by atoms with E-state index in [1.165, 1.54) is 18.1 Å². The lowest BCUT2D eigenvalue weighted by Crippen LogP contribution is -2.50. The molecule has 8 heteroatoms. The molecular formula is C18H16ClNO5S. The van der Waals surface area contributed by atoms with Crippen molar-refractivity contribution in [2.24, 2.45) is 0 Å². The van der Waals surface area contributed by atoms with Crippen LogP contribution in [0.1, 0.15) is 20.8 Å². The van der Waals surface area contributed by atoms with Crippen LogP contribution in [-0.2, 0) is 32.0 Å². The first-order chi connectivity index (χ1) is 12.5. The summed E-state index contributed by atoms with van der Waals surface area (Å²) >= 11 is 6.87. The molecule has 0 unspecified atom stereocenters. The largest absolute Gasteiger partial charge is 0.467 e.